The standard InChI is InChI=1S/C20H26N2O6S/c1-15-5-10-18(28-4)19(13-15)29(24,25)22(14-20(23)21-11-12-26-2)16-6-8-17(27-3)9-7-16/h5-10,13H,11-12,14H2,1-4H3,(H,21,23). The SMILES string of the molecule is COCCNC(=O)CN(c1ccc(OC)cc1)S(=O)(=O)c1cc(C)ccc1OC. The summed E-state index contributed by atoms with van der Waals surface area (Å²) in [7, 11) is 0.349. The Kier molecular flexibility index (Phi) is 7.86. The normalized spacial score (nSPS) is 11.0. The van der Waals surface area contributed by atoms with Crippen LogP contribution >= 0.6 is 0 Å². The predicted octanol–water partition coefficient (Wildman–Crippen LogP) is 1.97. The highest BCUT2D eigenvalue weighted by atomic mass is 32.2. The van der Waals surface area contributed by atoms with Gasteiger partial charge in [0.05, 0.1) is 26.5 Å². The molecule has 0 aromatic heterocycles. The molecular weight excluding hydrogens is 396 g/mol. The van der Waals surface area contributed by atoms with Crippen molar-refractivity contribution >= 4 is 21.6 Å². The molecule has 1 N–H and O–H groups in total. The first-order valence-corrected chi connectivity index (χ1v) is 10.3. The van der Waals surface area contributed by atoms with Crippen LogP contribution in [0.15, 0.2) is 47.4 Å². The molecule has 0 saturated heterocycles. The van der Waals surface area contributed by atoms with Crippen molar-refractivity contribution in [3.05, 3.63) is 48.0 Å². The average molecular weight is 423 g/mol. The van der Waals surface area contributed by atoms with E-state index in [-0.39, 0.29) is 17.2 Å². The lowest BCUT2D eigenvalue weighted by Gasteiger charge is -2.25. The van der Waals surface area contributed by atoms with Gasteiger partial charge in [-0.15, -0.1) is 0 Å². The molecule has 2 aromatic rings. The predicted molar refractivity (Wildman–Crippen MR) is 110 cm³/mol. The largest absolute Gasteiger partial charge is 0.497 e. The Labute approximate surface area is 171 Å². The molecule has 2 rings (SSSR count). The van der Waals surface area contributed by atoms with Crippen molar-refractivity contribution in [2.75, 3.05) is 45.3 Å². The van der Waals surface area contributed by atoms with Crippen LogP contribution in [0.1, 0.15) is 5.56 Å². The second kappa shape index (κ2) is 10.1. The molecule has 0 fully saturated rings. The Bertz CT molecular complexity index is 928. The highest BCUT2D eigenvalue weighted by molar-refractivity contribution is 7.93. The average Bonchev–Trinajstić information content (AvgIpc) is 2.72. The number of carbonyl (C=O) groups excluding carboxylic acids is 1. The minimum atomic E-state index is -4.09. The van der Waals surface area contributed by atoms with Gasteiger partial charge in [-0.25, -0.2) is 8.42 Å². The zero-order valence-corrected chi connectivity index (χ0v) is 17.8. The lowest BCUT2D eigenvalue weighted by Crippen LogP contribution is -2.41. The second-order valence-corrected chi connectivity index (χ2v) is 8.04. The van der Waals surface area contributed by atoms with Crippen molar-refractivity contribution in [1.82, 2.24) is 5.32 Å². The molecule has 0 bridgehead atoms. The molecule has 29 heavy (non-hydrogen) atoms. The van der Waals surface area contributed by atoms with E-state index >= 15 is 0 Å². The van der Waals surface area contributed by atoms with Crippen LogP contribution in [0, 0.1) is 6.92 Å². The van der Waals surface area contributed by atoms with Gasteiger partial charge in [0, 0.05) is 13.7 Å². The summed E-state index contributed by atoms with van der Waals surface area (Å²) in [5.74, 6) is 0.325. The fraction of sp³-hybridized carbons (Fsp3) is 0.350. The third kappa shape index (κ3) is 5.61. The number of anilines is 1. The summed E-state index contributed by atoms with van der Waals surface area (Å²) < 4.78 is 43.3. The summed E-state index contributed by atoms with van der Waals surface area (Å²) in [4.78, 5) is 12.4. The van der Waals surface area contributed by atoms with Crippen LogP contribution in [-0.2, 0) is 19.6 Å². The summed E-state index contributed by atoms with van der Waals surface area (Å²) in [6.45, 7) is 2.00. The summed E-state index contributed by atoms with van der Waals surface area (Å²) >= 11 is 0. The van der Waals surface area contributed by atoms with E-state index in [1.807, 2.05) is 0 Å². The Morgan fingerprint density at radius 2 is 1.72 bits per heavy atom. The van der Waals surface area contributed by atoms with Gasteiger partial charge in [0.1, 0.15) is 22.9 Å². The molecule has 0 unspecified atom stereocenters. The smallest absolute Gasteiger partial charge is 0.268 e. The molecule has 0 radical (unpaired) electrons. The lowest BCUT2D eigenvalue weighted by molar-refractivity contribution is -0.119. The summed E-state index contributed by atoms with van der Waals surface area (Å²) in [5.41, 5.74) is 1.08. The van der Waals surface area contributed by atoms with E-state index in [1.54, 1.807) is 43.3 Å². The fourth-order valence-electron chi connectivity index (χ4n) is 2.65. The summed E-state index contributed by atoms with van der Waals surface area (Å²) in [6.07, 6.45) is 0. The summed E-state index contributed by atoms with van der Waals surface area (Å²) in [5, 5.41) is 2.64. The molecule has 1 amide bonds. The van der Waals surface area contributed by atoms with Crippen LogP contribution in [0.3, 0.4) is 0 Å². The van der Waals surface area contributed by atoms with Crippen LogP contribution < -0.4 is 19.1 Å². The van der Waals surface area contributed by atoms with Crippen LogP contribution in [0.5, 0.6) is 11.5 Å². The number of hydrogen-bond donors (Lipinski definition) is 1. The quantitative estimate of drug-likeness (QED) is 0.589. The maximum Gasteiger partial charge on any atom is 0.268 e. The lowest BCUT2D eigenvalue weighted by atomic mass is 10.2. The van der Waals surface area contributed by atoms with Crippen LogP contribution in [0.4, 0.5) is 5.69 Å². The number of hydrogen-bond acceptors (Lipinski definition) is 6. The summed E-state index contributed by atoms with van der Waals surface area (Å²) in [6, 6.07) is 11.3. The maximum atomic E-state index is 13.5. The van der Waals surface area contributed by atoms with Gasteiger partial charge in [-0.05, 0) is 48.9 Å². The number of aryl methyl sites for hydroxylation is 1. The molecule has 0 aliphatic heterocycles. The Balaban J connectivity index is 2.47. The number of amides is 1. The van der Waals surface area contributed by atoms with E-state index in [0.29, 0.717) is 18.0 Å². The second-order valence-electron chi connectivity index (χ2n) is 6.21. The van der Waals surface area contributed by atoms with Crippen LogP contribution in [0.2, 0.25) is 0 Å². The molecular formula is C20H26N2O6S. The Hall–Kier alpha value is -2.78. The first-order chi connectivity index (χ1) is 13.8. The number of nitrogens with one attached hydrogen (secondary N) is 1. The van der Waals surface area contributed by atoms with Gasteiger partial charge in [-0.2, -0.15) is 0 Å². The third-order valence-corrected chi connectivity index (χ3v) is 5.96. The molecule has 158 valence electrons. The Morgan fingerprint density at radius 3 is 2.31 bits per heavy atom. The topological polar surface area (TPSA) is 94.2 Å². The van der Waals surface area contributed by atoms with Crippen molar-refractivity contribution < 1.29 is 27.4 Å². The molecule has 2 aromatic carbocycles. The van der Waals surface area contributed by atoms with E-state index in [9.17, 15) is 13.2 Å². The van der Waals surface area contributed by atoms with E-state index in [1.165, 1.54) is 27.4 Å². The number of sulfonamides is 1. The molecule has 0 heterocycles. The highest BCUT2D eigenvalue weighted by Crippen LogP contribution is 2.31. The molecule has 0 spiro atoms. The van der Waals surface area contributed by atoms with Crippen LogP contribution in [-0.4, -0.2) is 55.4 Å². The first kappa shape index (κ1) is 22.5. The van der Waals surface area contributed by atoms with Gasteiger partial charge in [0.25, 0.3) is 10.0 Å². The van der Waals surface area contributed by atoms with Crippen molar-refractivity contribution in [2.24, 2.45) is 0 Å². The third-order valence-electron chi connectivity index (χ3n) is 4.16. The number of nitrogens with zero attached hydrogens (tertiary/aromatic N) is 1. The van der Waals surface area contributed by atoms with E-state index in [2.05, 4.69) is 5.32 Å². The zero-order valence-electron chi connectivity index (χ0n) is 17.0. The van der Waals surface area contributed by atoms with Crippen molar-refractivity contribution in [1.29, 1.82) is 0 Å². The number of methoxy groups -OCH3 is 3. The number of ether oxygens (including phenoxy) is 3. The molecule has 0 atom stereocenters. The minimum Gasteiger partial charge on any atom is -0.497 e. The van der Waals surface area contributed by atoms with Crippen molar-refractivity contribution in [2.45, 2.75) is 11.8 Å². The maximum absolute atomic E-state index is 13.5. The molecule has 0 aliphatic carbocycles. The van der Waals surface area contributed by atoms with Crippen LogP contribution in [0.25, 0.3) is 0 Å². The number of carbonyl (C=O) groups is 1. The monoisotopic (exact) mass is 422 g/mol. The fourth-order valence-corrected chi connectivity index (χ4v) is 4.31. The number of benzene rings is 2. The van der Waals surface area contributed by atoms with E-state index < -0.39 is 22.5 Å². The first-order valence-electron chi connectivity index (χ1n) is 8.90. The Morgan fingerprint density at radius 1 is 1.03 bits per heavy atom. The van der Waals surface area contributed by atoms with Crippen molar-refractivity contribution in [3.63, 3.8) is 0 Å². The van der Waals surface area contributed by atoms with Gasteiger partial charge in [-0.3, -0.25) is 9.10 Å². The molecule has 0 saturated carbocycles. The molecule has 9 heteroatoms. The molecule has 0 aliphatic rings. The van der Waals surface area contributed by atoms with E-state index in [4.69, 9.17) is 14.2 Å². The van der Waals surface area contributed by atoms with Gasteiger partial charge in [-0.1, -0.05) is 6.07 Å². The van der Waals surface area contributed by atoms with Gasteiger partial charge in [0.15, 0.2) is 0 Å². The highest BCUT2D eigenvalue weighted by Gasteiger charge is 2.30. The van der Waals surface area contributed by atoms with Gasteiger partial charge < -0.3 is 19.5 Å². The zero-order chi connectivity index (χ0) is 21.4. The molecule has 8 nitrogen and oxygen atoms in total. The van der Waals surface area contributed by atoms with Gasteiger partial charge in [0.2, 0.25) is 5.91 Å². The minimum absolute atomic E-state index is 0.0134. The van der Waals surface area contributed by atoms with Gasteiger partial charge >= 0.3 is 0 Å². The van der Waals surface area contributed by atoms with E-state index in [0.717, 1.165) is 9.87 Å². The number of rotatable bonds is 10. The van der Waals surface area contributed by atoms with Crippen molar-refractivity contribution in [3.8, 4) is 11.5 Å².